The highest BCUT2D eigenvalue weighted by Crippen LogP contribution is 2.42. The molecule has 0 aliphatic carbocycles. The van der Waals surface area contributed by atoms with Crippen molar-refractivity contribution in [1.82, 2.24) is 5.32 Å². The smallest absolute Gasteiger partial charge is 0.382 e. The van der Waals surface area contributed by atoms with Gasteiger partial charge in [0.15, 0.2) is 6.29 Å². The molecule has 0 bridgehead atoms. The average Bonchev–Trinajstić information content (AvgIpc) is 3.07. The molecule has 6 unspecified atom stereocenters. The summed E-state index contributed by atoms with van der Waals surface area (Å²) in [5.74, 6) is -0.436. The van der Waals surface area contributed by atoms with Gasteiger partial charge in [-0.3, -0.25) is 9.32 Å². The molecule has 49 heavy (non-hydrogen) atoms. The molecule has 11 nitrogen and oxygen atoms in total. The molecule has 1 fully saturated rings. The van der Waals surface area contributed by atoms with Crippen LogP contribution < -0.4 is 5.32 Å². The summed E-state index contributed by atoms with van der Waals surface area (Å²) in [4.78, 5) is 44.4. The predicted octanol–water partition coefficient (Wildman–Crippen LogP) is 7.96. The number of carbonyl (C=O) groups is 2. The summed E-state index contributed by atoms with van der Waals surface area (Å²) < 4.78 is 40.2. The number of phosphoric acid groups is 1. The Morgan fingerprint density at radius 3 is 1.96 bits per heavy atom. The minimum Gasteiger partial charge on any atom is -0.382 e. The van der Waals surface area contributed by atoms with Gasteiger partial charge in [-0.15, -0.1) is 0 Å². The topological polar surface area (TPSA) is 150 Å². The second-order valence-corrected chi connectivity index (χ2v) is 14.6. The molecular weight excluding hydrogens is 649 g/mol. The van der Waals surface area contributed by atoms with Gasteiger partial charge in [-0.05, 0) is 44.9 Å². The van der Waals surface area contributed by atoms with E-state index in [-0.39, 0.29) is 25.0 Å². The van der Waals surface area contributed by atoms with Gasteiger partial charge >= 0.3 is 7.82 Å². The van der Waals surface area contributed by atoms with Crippen molar-refractivity contribution >= 4 is 20.0 Å². The number of hydrogen-bond acceptors (Lipinski definition) is 8. The number of rotatable bonds is 32. The average molecular weight is 720 g/mol. The van der Waals surface area contributed by atoms with Crippen LogP contribution in [0, 0.1) is 5.92 Å². The largest absolute Gasteiger partial charge is 0.470 e. The third kappa shape index (κ3) is 22.4. The molecule has 1 heterocycles. The zero-order chi connectivity index (χ0) is 36.2. The first-order valence-corrected chi connectivity index (χ1v) is 20.7. The number of nitrogens with one attached hydrogen (secondary N) is 1. The van der Waals surface area contributed by atoms with E-state index in [1.807, 2.05) is 0 Å². The third-order valence-electron chi connectivity index (χ3n) is 9.13. The Bertz CT molecular complexity index is 900. The molecule has 0 saturated carbocycles. The molecule has 0 spiro atoms. The van der Waals surface area contributed by atoms with Crippen LogP contribution in [0.1, 0.15) is 149 Å². The molecule has 12 heteroatoms. The summed E-state index contributed by atoms with van der Waals surface area (Å²) in [5, 5.41) is 2.94. The van der Waals surface area contributed by atoms with E-state index in [0.717, 1.165) is 70.5 Å². The van der Waals surface area contributed by atoms with E-state index in [9.17, 15) is 23.9 Å². The number of allylic oxidation sites excluding steroid dienone is 2. The summed E-state index contributed by atoms with van der Waals surface area (Å²) in [5.41, 5.74) is 0. The minimum absolute atomic E-state index is 0.0460. The van der Waals surface area contributed by atoms with Crippen molar-refractivity contribution in [2.45, 2.75) is 179 Å². The Hall–Kier alpha value is -1.17. The molecule has 1 rings (SSSR count). The van der Waals surface area contributed by atoms with Crippen LogP contribution in [-0.2, 0) is 37.6 Å². The number of ether oxygens (including phenoxy) is 4. The highest BCUT2D eigenvalue weighted by atomic mass is 31.2. The Morgan fingerprint density at radius 2 is 1.39 bits per heavy atom. The molecule has 288 valence electrons. The van der Waals surface area contributed by atoms with Crippen LogP contribution in [0.3, 0.4) is 0 Å². The molecule has 0 aromatic carbocycles. The fourth-order valence-electron chi connectivity index (χ4n) is 6.30. The first kappa shape index (κ1) is 45.9. The molecule has 0 radical (unpaired) electrons. The number of amides is 1. The van der Waals surface area contributed by atoms with E-state index in [1.54, 1.807) is 0 Å². The summed E-state index contributed by atoms with van der Waals surface area (Å²) >= 11 is 0. The van der Waals surface area contributed by atoms with Gasteiger partial charge < -0.3 is 38.8 Å². The van der Waals surface area contributed by atoms with Gasteiger partial charge in [0.2, 0.25) is 5.91 Å². The molecule has 6 atom stereocenters. The van der Waals surface area contributed by atoms with Crippen LogP contribution in [0.25, 0.3) is 0 Å². The van der Waals surface area contributed by atoms with Crippen LogP contribution >= 0.6 is 7.82 Å². The summed E-state index contributed by atoms with van der Waals surface area (Å²) in [6.07, 6.45) is 23.4. The zero-order valence-corrected chi connectivity index (χ0v) is 32.0. The molecule has 3 N–H and O–H groups in total. The molecule has 1 amide bonds. The lowest BCUT2D eigenvalue weighted by Crippen LogP contribution is -2.66. The van der Waals surface area contributed by atoms with Crippen LogP contribution in [0.4, 0.5) is 0 Å². The molecular formula is C37H70NO10P. The van der Waals surface area contributed by atoms with Gasteiger partial charge in [-0.2, -0.15) is 0 Å². The van der Waals surface area contributed by atoms with Crippen LogP contribution in [-0.4, -0.2) is 80.1 Å². The lowest BCUT2D eigenvalue weighted by atomic mass is 9.95. The highest BCUT2D eigenvalue weighted by molar-refractivity contribution is 7.46. The van der Waals surface area contributed by atoms with E-state index < -0.39 is 38.5 Å². The second-order valence-electron chi connectivity index (χ2n) is 13.4. The number of phosphoric ester groups is 1. The van der Waals surface area contributed by atoms with Crippen molar-refractivity contribution < 1.29 is 47.4 Å². The maximum Gasteiger partial charge on any atom is 0.470 e. The van der Waals surface area contributed by atoms with E-state index in [4.69, 9.17) is 23.5 Å². The quantitative estimate of drug-likeness (QED) is 0.0271. The SMILES string of the molecule is CCCCCC/C=C\CCCCCCCCCC(=O)NC1C(OC)OC(COC)C(OP(=O)(O)O)C1OCCC(C=O)CCCCCCC. The van der Waals surface area contributed by atoms with Gasteiger partial charge in [0.05, 0.1) is 6.61 Å². The number of hydrogen-bond donors (Lipinski definition) is 3. The van der Waals surface area contributed by atoms with Crippen LogP contribution in [0.15, 0.2) is 12.2 Å². The minimum atomic E-state index is -4.98. The summed E-state index contributed by atoms with van der Waals surface area (Å²) in [6, 6.07) is -0.906. The third-order valence-corrected chi connectivity index (χ3v) is 9.65. The van der Waals surface area contributed by atoms with Crippen LogP contribution in [0.5, 0.6) is 0 Å². The molecule has 1 saturated heterocycles. The van der Waals surface area contributed by atoms with Crippen LogP contribution in [0.2, 0.25) is 0 Å². The maximum absolute atomic E-state index is 13.1. The number of aldehydes is 1. The van der Waals surface area contributed by atoms with Crippen molar-refractivity contribution in [3.05, 3.63) is 12.2 Å². The van der Waals surface area contributed by atoms with Gasteiger partial charge in [0.25, 0.3) is 0 Å². The van der Waals surface area contributed by atoms with Gasteiger partial charge in [-0.25, -0.2) is 4.57 Å². The fraction of sp³-hybridized carbons (Fsp3) is 0.892. The molecule has 1 aliphatic rings. The lowest BCUT2D eigenvalue weighted by Gasteiger charge is -2.45. The standard InChI is InChI=1S/C37H70NO10P/c1-5-7-9-11-12-13-14-15-16-17-18-19-20-22-24-26-33(40)38-34-36(46-28-27-31(29-39)25-23-21-10-8-6-2)35(48-49(41,42)43)32(30-44-3)47-37(34)45-4/h13-14,29,31-32,34-37H,5-12,15-28,30H2,1-4H3,(H,38,40)(H2,41,42,43)/b14-13-. The first-order chi connectivity index (χ1) is 23.7. The maximum atomic E-state index is 13.1. The Balaban J connectivity index is 2.66. The van der Waals surface area contributed by atoms with Crippen molar-refractivity contribution in [1.29, 1.82) is 0 Å². The summed E-state index contributed by atoms with van der Waals surface area (Å²) in [7, 11) is -2.11. The Labute approximate surface area is 297 Å². The number of unbranched alkanes of at least 4 members (excludes halogenated alkanes) is 15. The lowest BCUT2D eigenvalue weighted by molar-refractivity contribution is -0.268. The van der Waals surface area contributed by atoms with Crippen molar-refractivity contribution in [3.63, 3.8) is 0 Å². The fourth-order valence-corrected chi connectivity index (χ4v) is 6.87. The molecule has 0 aromatic heterocycles. The van der Waals surface area contributed by atoms with Gasteiger partial charge in [0.1, 0.15) is 30.6 Å². The Kier molecular flexibility index (Phi) is 27.5. The number of carbonyl (C=O) groups excluding carboxylic acids is 2. The summed E-state index contributed by atoms with van der Waals surface area (Å²) in [6.45, 7) is 4.48. The first-order valence-electron chi connectivity index (χ1n) is 19.1. The van der Waals surface area contributed by atoms with Crippen molar-refractivity contribution in [2.24, 2.45) is 5.92 Å². The molecule has 1 aliphatic heterocycles. The van der Waals surface area contributed by atoms with E-state index in [1.165, 1.54) is 72.0 Å². The second kappa shape index (κ2) is 29.4. The molecule has 0 aromatic rings. The predicted molar refractivity (Wildman–Crippen MR) is 193 cm³/mol. The zero-order valence-electron chi connectivity index (χ0n) is 31.1. The van der Waals surface area contributed by atoms with Crippen molar-refractivity contribution in [3.8, 4) is 0 Å². The van der Waals surface area contributed by atoms with Gasteiger partial charge in [0, 0.05) is 33.2 Å². The monoisotopic (exact) mass is 719 g/mol. The highest BCUT2D eigenvalue weighted by Gasteiger charge is 2.50. The Morgan fingerprint density at radius 1 is 0.816 bits per heavy atom. The van der Waals surface area contributed by atoms with Gasteiger partial charge in [-0.1, -0.05) is 109 Å². The number of methoxy groups -OCH3 is 2. The van der Waals surface area contributed by atoms with Crippen molar-refractivity contribution in [2.75, 3.05) is 27.4 Å². The normalized spacial score (nSPS) is 22.0. The van der Waals surface area contributed by atoms with E-state index >= 15 is 0 Å². The van der Waals surface area contributed by atoms with E-state index in [2.05, 4.69) is 31.3 Å². The van der Waals surface area contributed by atoms with E-state index in [0.29, 0.717) is 12.8 Å².